The van der Waals surface area contributed by atoms with Crippen LogP contribution >= 0.6 is 0 Å². The van der Waals surface area contributed by atoms with Crippen molar-refractivity contribution >= 4 is 15.7 Å². The predicted molar refractivity (Wildman–Crippen MR) is 98.0 cm³/mol. The highest BCUT2D eigenvalue weighted by Gasteiger charge is 2.47. The maximum absolute atomic E-state index is 13.2. The summed E-state index contributed by atoms with van der Waals surface area (Å²) in [5.41, 5.74) is 2.53. The molecule has 1 N–H and O–H groups in total. The van der Waals surface area contributed by atoms with E-state index in [9.17, 15) is 17.6 Å². The number of hydrogen-bond acceptors (Lipinski definition) is 5. The van der Waals surface area contributed by atoms with E-state index in [1.165, 1.54) is 19.1 Å². The topological polar surface area (TPSA) is 86.4 Å². The first-order valence-electron chi connectivity index (χ1n) is 8.84. The number of carbonyl (C=O) groups is 1. The maximum atomic E-state index is 13.2. The molecule has 2 aromatic rings. The molecule has 2 aliphatic heterocycles. The van der Waals surface area contributed by atoms with Crippen molar-refractivity contribution in [3.05, 3.63) is 41.8 Å². The molecule has 27 heavy (non-hydrogen) atoms. The molecule has 9 heteroatoms. The molecule has 0 bridgehead atoms. The Bertz CT molecular complexity index is 957. The van der Waals surface area contributed by atoms with E-state index in [4.69, 9.17) is 0 Å². The number of H-pyrrole nitrogens is 1. The van der Waals surface area contributed by atoms with Crippen molar-refractivity contribution in [2.24, 2.45) is 0 Å². The van der Waals surface area contributed by atoms with Crippen molar-refractivity contribution in [1.29, 1.82) is 0 Å². The second kappa shape index (κ2) is 6.72. The highest BCUT2D eigenvalue weighted by molar-refractivity contribution is 7.91. The number of halogens is 1. The van der Waals surface area contributed by atoms with Crippen LogP contribution in [-0.4, -0.2) is 71.0 Å². The molecule has 144 valence electrons. The van der Waals surface area contributed by atoms with Gasteiger partial charge in [-0.05, 0) is 24.3 Å². The molecule has 0 spiro atoms. The molecule has 1 aromatic heterocycles. The summed E-state index contributed by atoms with van der Waals surface area (Å²) in [6, 6.07) is 5.63. The van der Waals surface area contributed by atoms with Crippen molar-refractivity contribution in [2.75, 3.05) is 24.6 Å². The maximum Gasteiger partial charge on any atom is 0.219 e. The lowest BCUT2D eigenvalue weighted by atomic mass is 10.0. The number of fused-ring (bicyclic) bond motifs is 1. The molecule has 2 aliphatic rings. The molecule has 3 heterocycles. The summed E-state index contributed by atoms with van der Waals surface area (Å²) >= 11 is 0. The number of hydrogen-bond donors (Lipinski definition) is 1. The number of benzene rings is 1. The van der Waals surface area contributed by atoms with Crippen LogP contribution in [0.4, 0.5) is 4.39 Å². The van der Waals surface area contributed by atoms with Crippen molar-refractivity contribution < 1.29 is 17.6 Å². The molecule has 0 saturated carbocycles. The molecule has 1 amide bonds. The second-order valence-electron chi connectivity index (χ2n) is 7.17. The number of rotatable bonds is 3. The highest BCUT2D eigenvalue weighted by Crippen LogP contribution is 2.30. The van der Waals surface area contributed by atoms with Crippen LogP contribution in [-0.2, 0) is 21.2 Å². The first-order chi connectivity index (χ1) is 12.8. The van der Waals surface area contributed by atoms with Gasteiger partial charge in [0.15, 0.2) is 9.84 Å². The van der Waals surface area contributed by atoms with Crippen molar-refractivity contribution in [3.63, 3.8) is 0 Å². The average Bonchev–Trinajstić information content (AvgIpc) is 3.18. The fourth-order valence-corrected chi connectivity index (χ4v) is 6.14. The molecule has 2 saturated heterocycles. The van der Waals surface area contributed by atoms with E-state index in [1.807, 2.05) is 0 Å². The lowest BCUT2D eigenvalue weighted by molar-refractivity contribution is -0.134. The lowest BCUT2D eigenvalue weighted by Crippen LogP contribution is -2.59. The van der Waals surface area contributed by atoms with Gasteiger partial charge >= 0.3 is 0 Å². The van der Waals surface area contributed by atoms with Crippen molar-refractivity contribution in [2.45, 2.75) is 25.6 Å². The molecule has 0 radical (unpaired) electrons. The molecule has 1 aromatic carbocycles. The summed E-state index contributed by atoms with van der Waals surface area (Å²) in [5, 5.41) is 7.07. The van der Waals surface area contributed by atoms with Gasteiger partial charge < -0.3 is 4.90 Å². The van der Waals surface area contributed by atoms with E-state index in [-0.39, 0.29) is 35.3 Å². The first-order valence-corrected chi connectivity index (χ1v) is 10.7. The predicted octanol–water partition coefficient (Wildman–Crippen LogP) is 1.05. The van der Waals surface area contributed by atoms with Crippen LogP contribution in [0.2, 0.25) is 0 Å². The number of piperazine rings is 1. The fourth-order valence-electron chi connectivity index (χ4n) is 4.13. The van der Waals surface area contributed by atoms with Gasteiger partial charge in [-0.15, -0.1) is 0 Å². The minimum Gasteiger partial charge on any atom is -0.336 e. The Labute approximate surface area is 157 Å². The lowest BCUT2D eigenvalue weighted by Gasteiger charge is -2.43. The quantitative estimate of drug-likeness (QED) is 0.844. The van der Waals surface area contributed by atoms with Crippen LogP contribution in [0, 0.1) is 5.82 Å². The summed E-state index contributed by atoms with van der Waals surface area (Å²) in [7, 11) is -3.17. The molecule has 7 nitrogen and oxygen atoms in total. The fraction of sp³-hybridized carbons (Fsp3) is 0.444. The smallest absolute Gasteiger partial charge is 0.219 e. The van der Waals surface area contributed by atoms with Crippen LogP contribution < -0.4 is 0 Å². The summed E-state index contributed by atoms with van der Waals surface area (Å²) < 4.78 is 37.6. The Morgan fingerprint density at radius 3 is 2.63 bits per heavy atom. The number of carbonyl (C=O) groups excluding carboxylic acids is 1. The molecule has 2 atom stereocenters. The van der Waals surface area contributed by atoms with Crippen molar-refractivity contribution in [3.8, 4) is 11.3 Å². The van der Waals surface area contributed by atoms with Gasteiger partial charge in [0.2, 0.25) is 5.91 Å². The van der Waals surface area contributed by atoms with E-state index in [0.29, 0.717) is 19.6 Å². The molecular formula is C18H21FN4O3S. The number of amides is 1. The van der Waals surface area contributed by atoms with Crippen LogP contribution in [0.5, 0.6) is 0 Å². The van der Waals surface area contributed by atoms with Crippen molar-refractivity contribution in [1.82, 2.24) is 20.0 Å². The summed E-state index contributed by atoms with van der Waals surface area (Å²) in [5.74, 6) is -0.314. The molecule has 2 fully saturated rings. The molecule has 0 unspecified atom stereocenters. The Balaban J connectivity index is 1.60. The van der Waals surface area contributed by atoms with Gasteiger partial charge in [0.05, 0.1) is 29.4 Å². The van der Waals surface area contributed by atoms with Gasteiger partial charge in [0.25, 0.3) is 0 Å². The third-order valence-corrected chi connectivity index (χ3v) is 7.12. The number of nitrogens with one attached hydrogen (secondary N) is 1. The van der Waals surface area contributed by atoms with Gasteiger partial charge in [-0.25, -0.2) is 12.8 Å². The highest BCUT2D eigenvalue weighted by atomic mass is 32.2. The molecule has 0 aliphatic carbocycles. The van der Waals surface area contributed by atoms with Gasteiger partial charge in [0, 0.05) is 43.7 Å². The van der Waals surface area contributed by atoms with Gasteiger partial charge in [-0.2, -0.15) is 5.10 Å². The Morgan fingerprint density at radius 1 is 1.22 bits per heavy atom. The largest absolute Gasteiger partial charge is 0.336 e. The zero-order valence-corrected chi connectivity index (χ0v) is 15.7. The minimum absolute atomic E-state index is 0.0178. The van der Waals surface area contributed by atoms with E-state index >= 15 is 0 Å². The third kappa shape index (κ3) is 3.49. The zero-order chi connectivity index (χ0) is 19.2. The second-order valence-corrected chi connectivity index (χ2v) is 9.33. The number of nitrogens with zero attached hydrogens (tertiary/aromatic N) is 3. The Morgan fingerprint density at radius 2 is 1.93 bits per heavy atom. The van der Waals surface area contributed by atoms with Crippen LogP contribution in [0.3, 0.4) is 0 Å². The zero-order valence-electron chi connectivity index (χ0n) is 14.9. The molecule has 4 rings (SSSR count). The normalized spacial score (nSPS) is 24.7. The van der Waals surface area contributed by atoms with E-state index < -0.39 is 9.84 Å². The minimum atomic E-state index is -3.17. The van der Waals surface area contributed by atoms with Gasteiger partial charge in [0.1, 0.15) is 5.82 Å². The Hall–Kier alpha value is -2.26. The van der Waals surface area contributed by atoms with Gasteiger partial charge in [-0.3, -0.25) is 14.8 Å². The van der Waals surface area contributed by atoms with E-state index in [2.05, 4.69) is 15.1 Å². The van der Waals surface area contributed by atoms with E-state index in [0.717, 1.165) is 16.8 Å². The average molecular weight is 392 g/mol. The Kier molecular flexibility index (Phi) is 4.51. The summed E-state index contributed by atoms with van der Waals surface area (Å²) in [4.78, 5) is 15.7. The number of sulfone groups is 1. The van der Waals surface area contributed by atoms with Crippen LogP contribution in [0.15, 0.2) is 30.5 Å². The first kappa shape index (κ1) is 18.1. The SMILES string of the molecule is CC(=O)N1CCN(Cc2cn[nH]c2-c2ccc(F)cc2)[C@H]2CS(=O)(=O)C[C@H]21. The van der Waals surface area contributed by atoms with Gasteiger partial charge in [-0.1, -0.05) is 0 Å². The summed E-state index contributed by atoms with van der Waals surface area (Å²) in [6.45, 7) is 3.12. The van der Waals surface area contributed by atoms with Crippen LogP contribution in [0.25, 0.3) is 11.3 Å². The third-order valence-electron chi connectivity index (χ3n) is 5.42. The summed E-state index contributed by atoms with van der Waals surface area (Å²) in [6.07, 6.45) is 1.72. The number of aromatic nitrogens is 2. The van der Waals surface area contributed by atoms with Crippen LogP contribution in [0.1, 0.15) is 12.5 Å². The number of aromatic amines is 1. The molecular weight excluding hydrogens is 371 g/mol. The standard InChI is InChI=1S/C18H21FN4O3S/c1-12(24)23-7-6-22(16-10-27(25,26)11-17(16)23)9-14-8-20-21-18(14)13-2-4-15(19)5-3-13/h2-5,8,16-17H,6-7,9-11H2,1H3,(H,20,21)/t16-,17+/m0/s1. The van der Waals surface area contributed by atoms with E-state index in [1.54, 1.807) is 23.2 Å². The monoisotopic (exact) mass is 392 g/mol.